The lowest BCUT2D eigenvalue weighted by Gasteiger charge is -2.42. The van der Waals surface area contributed by atoms with Crippen LogP contribution in [0.5, 0.6) is 5.75 Å². The van der Waals surface area contributed by atoms with Gasteiger partial charge in [-0.15, -0.1) is 0 Å². The van der Waals surface area contributed by atoms with Crippen molar-refractivity contribution in [2.45, 2.75) is 114 Å². The second-order valence-corrected chi connectivity index (χ2v) is 18.8. The third-order valence-electron chi connectivity index (χ3n) is 13.2. The molecule has 4 aliphatic rings. The van der Waals surface area contributed by atoms with Crippen LogP contribution in [-0.2, 0) is 68.3 Å². The smallest absolute Gasteiger partial charge is 0.409 e. The minimum atomic E-state index is -1.87. The Morgan fingerprint density at radius 3 is 2.32 bits per heavy atom. The second-order valence-electron chi connectivity index (χ2n) is 18.5. The summed E-state index contributed by atoms with van der Waals surface area (Å²) in [7, 11) is 5.92. The number of ether oxygens (including phenoxy) is 8. The van der Waals surface area contributed by atoms with Crippen LogP contribution in [0.1, 0.15) is 71.8 Å². The summed E-state index contributed by atoms with van der Waals surface area (Å²) in [6, 6.07) is 2.46. The topological polar surface area (TPSA) is 251 Å². The molecule has 2 fully saturated rings. The third-order valence-corrected chi connectivity index (χ3v) is 13.6. The highest BCUT2D eigenvalue weighted by molar-refractivity contribution is 6.35. The van der Waals surface area contributed by atoms with Gasteiger partial charge in [0.2, 0.25) is 17.7 Å². The Balaban J connectivity index is 1.13. The van der Waals surface area contributed by atoms with Crippen molar-refractivity contribution in [1.82, 2.24) is 20.4 Å². The molecule has 1 aromatic carbocycles. The van der Waals surface area contributed by atoms with E-state index in [-0.39, 0.29) is 80.6 Å². The van der Waals surface area contributed by atoms with Crippen LogP contribution in [0.3, 0.4) is 0 Å². The number of imide groups is 1. The summed E-state index contributed by atoms with van der Waals surface area (Å²) < 4.78 is 45.7. The number of carbonyl (C=O) groups is 7. The molecule has 8 unspecified atom stereocenters. The Labute approximate surface area is 425 Å². The van der Waals surface area contributed by atoms with E-state index >= 15 is 0 Å². The number of hydrogen-bond donors (Lipinski definition) is 3. The van der Waals surface area contributed by atoms with E-state index < -0.39 is 65.7 Å². The van der Waals surface area contributed by atoms with Crippen LogP contribution < -0.4 is 20.3 Å². The average molecular weight is 1030 g/mol. The van der Waals surface area contributed by atoms with E-state index in [9.17, 15) is 38.7 Å². The molecule has 22 heteroatoms. The van der Waals surface area contributed by atoms with Gasteiger partial charge < -0.3 is 58.1 Å². The normalized spacial score (nSPS) is 25.8. The Morgan fingerprint density at radius 2 is 1.65 bits per heavy atom. The van der Waals surface area contributed by atoms with E-state index in [0.29, 0.717) is 57.1 Å². The summed E-state index contributed by atoms with van der Waals surface area (Å²) >= 11 is 6.80. The van der Waals surface area contributed by atoms with Gasteiger partial charge in [-0.3, -0.25) is 34.2 Å². The number of fused-ring (bicyclic) bond motifs is 5. The summed E-state index contributed by atoms with van der Waals surface area (Å²) in [6.45, 7) is 9.04. The van der Waals surface area contributed by atoms with Crippen molar-refractivity contribution in [2.75, 3.05) is 85.9 Å². The van der Waals surface area contributed by atoms with Gasteiger partial charge in [0, 0.05) is 65.1 Å². The van der Waals surface area contributed by atoms with Crippen LogP contribution in [-0.4, -0.2) is 179 Å². The SMILES string of the molecule is COc1cc2cc(c1Cl)N(C)C(=O)CC(OC(=O)C(C)N(C)C(=O)CCCCC(=O)NCCOCCOCCOCCN1C(=O)C=CC1=O)C1(C)OC1C(C)C1CC(O)(NC(=O)O1)C(OC)C=CC=C(C)C2. The van der Waals surface area contributed by atoms with Crippen molar-refractivity contribution in [1.29, 1.82) is 0 Å². The maximum Gasteiger partial charge on any atom is 0.409 e. The molecule has 0 aromatic heterocycles. The van der Waals surface area contributed by atoms with E-state index in [1.54, 1.807) is 45.2 Å². The van der Waals surface area contributed by atoms with Crippen molar-refractivity contribution in [2.24, 2.45) is 5.92 Å². The molecule has 2 saturated heterocycles. The lowest BCUT2D eigenvalue weighted by molar-refractivity contribution is -0.162. The second kappa shape index (κ2) is 26.5. The summed E-state index contributed by atoms with van der Waals surface area (Å²) in [5.41, 5.74) is -1.11. The number of alkyl carbamates (subject to hydrolysis) is 1. The number of rotatable bonds is 22. The van der Waals surface area contributed by atoms with Crippen molar-refractivity contribution >= 4 is 58.9 Å². The molecule has 0 saturated carbocycles. The molecule has 0 radical (unpaired) electrons. The highest BCUT2D eigenvalue weighted by atomic mass is 35.5. The molecule has 3 N–H and O–H groups in total. The van der Waals surface area contributed by atoms with Gasteiger partial charge in [-0.05, 0) is 57.7 Å². The van der Waals surface area contributed by atoms with Crippen molar-refractivity contribution < 1.29 is 76.6 Å². The van der Waals surface area contributed by atoms with Gasteiger partial charge in [0.1, 0.15) is 40.7 Å². The molecule has 72 heavy (non-hydrogen) atoms. The standard InChI is InChI=1S/C50H70ClN5O16/c1-31-12-11-13-38(66-8)50(64)30-37(70-48(63)53-50)32(2)46-49(4,72-46)39(29-44(61)55(6)35-27-34(26-31)28-36(65-7)45(35)51)71-47(62)33(3)54(5)41(58)15-10-9-14-40(57)52-18-20-67-22-24-69-25-23-68-21-19-56-42(59)16-17-43(56)60/h11-13,16-17,27-28,32-33,37-39,46,64H,9-10,14-15,18-26,29-30H2,1-8H3,(H,52,57)(H,53,63). The van der Waals surface area contributed by atoms with Crippen molar-refractivity contribution in [3.8, 4) is 5.75 Å². The number of likely N-dealkylation sites (N-methyl/N-ethyl adjacent to an activating group) is 1. The number of unbranched alkanes of at least 4 members (excludes halogenated alkanes) is 1. The molecule has 1 aromatic rings. The minimum Gasteiger partial charge on any atom is -0.495 e. The van der Waals surface area contributed by atoms with E-state index in [0.717, 1.165) is 16.0 Å². The zero-order chi connectivity index (χ0) is 52.8. The number of amides is 6. The van der Waals surface area contributed by atoms with Gasteiger partial charge >= 0.3 is 12.1 Å². The monoisotopic (exact) mass is 1030 g/mol. The Kier molecular flexibility index (Phi) is 21.2. The Morgan fingerprint density at radius 1 is 1.00 bits per heavy atom. The summed E-state index contributed by atoms with van der Waals surface area (Å²) in [5.74, 6) is -2.78. The number of nitrogens with one attached hydrogen (secondary N) is 2. The number of allylic oxidation sites excluding steroid dienone is 3. The van der Waals surface area contributed by atoms with E-state index in [1.807, 2.05) is 13.0 Å². The van der Waals surface area contributed by atoms with Crippen LogP contribution in [0.4, 0.5) is 10.5 Å². The van der Waals surface area contributed by atoms with Crippen LogP contribution in [0.25, 0.3) is 0 Å². The number of anilines is 1. The Bertz CT molecular complexity index is 2210. The number of benzene rings is 1. The van der Waals surface area contributed by atoms with Crippen LogP contribution >= 0.6 is 11.6 Å². The van der Waals surface area contributed by atoms with Gasteiger partial charge in [-0.2, -0.15) is 0 Å². The molecule has 0 aliphatic carbocycles. The number of methoxy groups -OCH3 is 2. The molecular weight excluding hydrogens is 962 g/mol. The number of aliphatic hydroxyl groups is 1. The minimum absolute atomic E-state index is 0.0532. The molecule has 4 bridgehead atoms. The lowest BCUT2D eigenvalue weighted by Crippen LogP contribution is -2.63. The number of carbonyl (C=O) groups excluding carboxylic acids is 7. The molecule has 5 rings (SSSR count). The number of esters is 1. The maximum absolute atomic E-state index is 14.3. The number of nitrogens with zero attached hydrogens (tertiary/aromatic N) is 3. The van der Waals surface area contributed by atoms with Crippen LogP contribution in [0, 0.1) is 5.92 Å². The van der Waals surface area contributed by atoms with Crippen LogP contribution in [0.15, 0.2) is 48.1 Å². The fraction of sp³-hybridized carbons (Fsp3) is 0.620. The van der Waals surface area contributed by atoms with Crippen molar-refractivity contribution in [3.63, 3.8) is 0 Å². The first-order valence-electron chi connectivity index (χ1n) is 24.1. The van der Waals surface area contributed by atoms with Gasteiger partial charge in [0.15, 0.2) is 5.72 Å². The van der Waals surface area contributed by atoms with E-state index in [2.05, 4.69) is 10.6 Å². The first kappa shape index (κ1) is 57.5. The molecule has 6 amide bonds. The molecule has 4 heterocycles. The molecule has 4 aliphatic heterocycles. The van der Waals surface area contributed by atoms with E-state index in [4.69, 9.17) is 49.5 Å². The zero-order valence-corrected chi connectivity index (χ0v) is 43.2. The third kappa shape index (κ3) is 15.3. The van der Waals surface area contributed by atoms with Gasteiger partial charge in [-0.1, -0.05) is 42.3 Å². The molecule has 21 nitrogen and oxygen atoms in total. The highest BCUT2D eigenvalue weighted by Crippen LogP contribution is 2.49. The zero-order valence-electron chi connectivity index (χ0n) is 42.4. The van der Waals surface area contributed by atoms with Gasteiger partial charge in [0.25, 0.3) is 11.8 Å². The highest BCUT2D eigenvalue weighted by Gasteiger charge is 2.64. The summed E-state index contributed by atoms with van der Waals surface area (Å²) in [4.78, 5) is 93.8. The molecule has 0 spiro atoms. The van der Waals surface area contributed by atoms with E-state index in [1.165, 1.54) is 50.1 Å². The van der Waals surface area contributed by atoms with Gasteiger partial charge in [-0.25, -0.2) is 9.59 Å². The molecule has 398 valence electrons. The molecular formula is C50H70ClN5O16. The van der Waals surface area contributed by atoms with Crippen molar-refractivity contribution in [3.05, 3.63) is 58.7 Å². The first-order valence-corrected chi connectivity index (χ1v) is 24.5. The molecule has 8 atom stereocenters. The Hall–Kier alpha value is -5.42. The lowest BCUT2D eigenvalue weighted by atomic mass is 9.83. The summed E-state index contributed by atoms with van der Waals surface area (Å²) in [5, 5.41) is 17.3. The first-order chi connectivity index (χ1) is 34.2. The predicted molar refractivity (Wildman–Crippen MR) is 261 cm³/mol. The summed E-state index contributed by atoms with van der Waals surface area (Å²) in [6.07, 6.45) is 3.98. The number of halogens is 1. The largest absolute Gasteiger partial charge is 0.495 e. The quantitative estimate of drug-likeness (QED) is 0.0653. The fourth-order valence-corrected chi connectivity index (χ4v) is 8.97. The average Bonchev–Trinajstić information content (AvgIpc) is 3.94. The predicted octanol–water partition coefficient (Wildman–Crippen LogP) is 3.17. The van der Waals surface area contributed by atoms with Crippen LogP contribution in [0.2, 0.25) is 5.02 Å². The fourth-order valence-electron chi connectivity index (χ4n) is 8.66. The number of hydrogen-bond acceptors (Lipinski definition) is 16. The maximum atomic E-state index is 14.3. The number of epoxide rings is 1. The van der Waals surface area contributed by atoms with Gasteiger partial charge in [0.05, 0.1) is 71.5 Å².